The van der Waals surface area contributed by atoms with Crippen molar-refractivity contribution in [2.24, 2.45) is 0 Å². The third kappa shape index (κ3) is 6.78. The van der Waals surface area contributed by atoms with Crippen LogP contribution >= 0.6 is 11.8 Å². The van der Waals surface area contributed by atoms with E-state index < -0.39 is 5.60 Å². The van der Waals surface area contributed by atoms with E-state index in [0.29, 0.717) is 12.2 Å². The predicted molar refractivity (Wildman–Crippen MR) is 86.8 cm³/mol. The van der Waals surface area contributed by atoms with E-state index in [0.717, 1.165) is 5.56 Å². The number of hydrogen-bond donors (Lipinski definition) is 2. The molecule has 0 aliphatic carbocycles. The summed E-state index contributed by atoms with van der Waals surface area (Å²) in [5.41, 5.74) is 1.45. The van der Waals surface area contributed by atoms with Crippen LogP contribution in [-0.2, 0) is 4.79 Å². The summed E-state index contributed by atoms with van der Waals surface area (Å²) in [5, 5.41) is 12.7. The van der Waals surface area contributed by atoms with Crippen LogP contribution in [0.5, 0.6) is 0 Å². The molecule has 0 fully saturated rings. The first kappa shape index (κ1) is 16.8. The number of carbonyl (C=O) groups is 1. The molecule has 0 heterocycles. The van der Waals surface area contributed by atoms with Crippen LogP contribution in [-0.4, -0.2) is 35.2 Å². The highest BCUT2D eigenvalue weighted by molar-refractivity contribution is 7.98. The minimum Gasteiger partial charge on any atom is -0.387 e. The van der Waals surface area contributed by atoms with Crippen molar-refractivity contribution in [1.82, 2.24) is 5.32 Å². The van der Waals surface area contributed by atoms with Crippen molar-refractivity contribution in [2.45, 2.75) is 25.9 Å². The predicted octanol–water partition coefficient (Wildman–Crippen LogP) is 2.63. The molecule has 0 spiro atoms. The highest BCUT2D eigenvalue weighted by Crippen LogP contribution is 2.09. The van der Waals surface area contributed by atoms with Crippen molar-refractivity contribution in [3.8, 4) is 0 Å². The quantitative estimate of drug-likeness (QED) is 0.812. The maximum atomic E-state index is 11.7. The molecule has 0 saturated heterocycles. The Morgan fingerprint density at radius 2 is 2.05 bits per heavy atom. The van der Waals surface area contributed by atoms with Gasteiger partial charge in [-0.05, 0) is 25.7 Å². The highest BCUT2D eigenvalue weighted by Gasteiger charge is 2.19. The molecule has 110 valence electrons. The lowest BCUT2D eigenvalue weighted by Crippen LogP contribution is -2.42. The topological polar surface area (TPSA) is 49.3 Å². The largest absolute Gasteiger partial charge is 0.387 e. The molecule has 1 atom stereocenters. The summed E-state index contributed by atoms with van der Waals surface area (Å²) >= 11 is 1.56. The summed E-state index contributed by atoms with van der Waals surface area (Å²) in [4.78, 5) is 11.7. The van der Waals surface area contributed by atoms with E-state index in [2.05, 4.69) is 5.32 Å². The SMILES string of the molecule is CSCC(C)(O)CNC(=O)CC=Cc1ccc(C)cc1. The Kier molecular flexibility index (Phi) is 6.82. The Morgan fingerprint density at radius 1 is 1.40 bits per heavy atom. The Labute approximate surface area is 125 Å². The van der Waals surface area contributed by atoms with Crippen LogP contribution in [0.4, 0.5) is 0 Å². The van der Waals surface area contributed by atoms with Gasteiger partial charge < -0.3 is 10.4 Å². The Balaban J connectivity index is 2.34. The van der Waals surface area contributed by atoms with E-state index in [9.17, 15) is 9.90 Å². The Hall–Kier alpha value is -1.26. The maximum Gasteiger partial charge on any atom is 0.223 e. The van der Waals surface area contributed by atoms with Gasteiger partial charge >= 0.3 is 0 Å². The van der Waals surface area contributed by atoms with Crippen molar-refractivity contribution in [3.05, 3.63) is 41.5 Å². The van der Waals surface area contributed by atoms with Gasteiger partial charge in [0.1, 0.15) is 0 Å². The molecule has 3 nitrogen and oxygen atoms in total. The van der Waals surface area contributed by atoms with Crippen LogP contribution in [0.3, 0.4) is 0 Å². The molecule has 1 aromatic carbocycles. The zero-order valence-corrected chi connectivity index (χ0v) is 13.2. The van der Waals surface area contributed by atoms with Gasteiger partial charge in [0.2, 0.25) is 5.91 Å². The van der Waals surface area contributed by atoms with Gasteiger partial charge in [-0.25, -0.2) is 0 Å². The molecule has 1 aromatic rings. The summed E-state index contributed by atoms with van der Waals surface area (Å²) in [6.45, 7) is 4.05. The molecule has 0 radical (unpaired) electrons. The summed E-state index contributed by atoms with van der Waals surface area (Å²) in [5.74, 6) is 0.529. The Bertz CT molecular complexity index is 452. The fraction of sp³-hybridized carbons (Fsp3) is 0.438. The van der Waals surface area contributed by atoms with Gasteiger partial charge in [0, 0.05) is 18.7 Å². The van der Waals surface area contributed by atoms with E-state index in [1.54, 1.807) is 18.7 Å². The molecular formula is C16H23NO2S. The van der Waals surface area contributed by atoms with Crippen LogP contribution in [0, 0.1) is 6.92 Å². The van der Waals surface area contributed by atoms with Gasteiger partial charge in [-0.2, -0.15) is 11.8 Å². The van der Waals surface area contributed by atoms with Crippen molar-refractivity contribution >= 4 is 23.7 Å². The first-order chi connectivity index (χ1) is 9.43. The van der Waals surface area contributed by atoms with E-state index in [-0.39, 0.29) is 12.5 Å². The third-order valence-electron chi connectivity index (χ3n) is 2.81. The molecular weight excluding hydrogens is 270 g/mol. The number of rotatable bonds is 7. The van der Waals surface area contributed by atoms with Crippen molar-refractivity contribution in [3.63, 3.8) is 0 Å². The van der Waals surface area contributed by atoms with Crippen LogP contribution in [0.15, 0.2) is 30.3 Å². The van der Waals surface area contributed by atoms with Crippen molar-refractivity contribution in [1.29, 1.82) is 0 Å². The van der Waals surface area contributed by atoms with E-state index in [1.807, 2.05) is 49.6 Å². The summed E-state index contributed by atoms with van der Waals surface area (Å²) in [7, 11) is 0. The second-order valence-corrected chi connectivity index (χ2v) is 6.09. The lowest BCUT2D eigenvalue weighted by Gasteiger charge is -2.22. The average molecular weight is 293 g/mol. The Morgan fingerprint density at radius 3 is 2.65 bits per heavy atom. The molecule has 0 aliphatic rings. The summed E-state index contributed by atoms with van der Waals surface area (Å²) in [6, 6.07) is 8.12. The highest BCUT2D eigenvalue weighted by atomic mass is 32.2. The normalized spacial score (nSPS) is 14.2. The molecule has 1 unspecified atom stereocenters. The second-order valence-electron chi connectivity index (χ2n) is 5.22. The van der Waals surface area contributed by atoms with E-state index in [1.165, 1.54) is 5.56 Å². The van der Waals surface area contributed by atoms with Crippen LogP contribution in [0.2, 0.25) is 0 Å². The van der Waals surface area contributed by atoms with Crippen molar-refractivity contribution < 1.29 is 9.90 Å². The molecule has 20 heavy (non-hydrogen) atoms. The van der Waals surface area contributed by atoms with Crippen molar-refractivity contribution in [2.75, 3.05) is 18.6 Å². The molecule has 0 saturated carbocycles. The molecule has 0 aromatic heterocycles. The monoisotopic (exact) mass is 293 g/mol. The third-order valence-corrected chi connectivity index (χ3v) is 3.72. The number of benzene rings is 1. The zero-order valence-electron chi connectivity index (χ0n) is 12.3. The molecule has 0 bridgehead atoms. The number of aryl methyl sites for hydroxylation is 1. The van der Waals surface area contributed by atoms with Gasteiger partial charge in [-0.15, -0.1) is 0 Å². The first-order valence-electron chi connectivity index (χ1n) is 6.64. The lowest BCUT2D eigenvalue weighted by atomic mass is 10.1. The number of amides is 1. The molecule has 1 amide bonds. The number of nitrogens with one attached hydrogen (secondary N) is 1. The maximum absolute atomic E-state index is 11.7. The fourth-order valence-corrected chi connectivity index (χ4v) is 2.43. The van der Waals surface area contributed by atoms with Crippen LogP contribution < -0.4 is 5.32 Å². The molecule has 2 N–H and O–H groups in total. The number of aliphatic hydroxyl groups is 1. The molecule has 4 heteroatoms. The molecule has 0 aliphatic heterocycles. The van der Waals surface area contributed by atoms with Gasteiger partial charge in [-0.3, -0.25) is 4.79 Å². The van der Waals surface area contributed by atoms with Crippen LogP contribution in [0.25, 0.3) is 6.08 Å². The summed E-state index contributed by atoms with van der Waals surface area (Å²) in [6.07, 6.45) is 6.02. The minimum atomic E-state index is -0.851. The summed E-state index contributed by atoms with van der Waals surface area (Å²) < 4.78 is 0. The average Bonchev–Trinajstić information content (AvgIpc) is 2.39. The first-order valence-corrected chi connectivity index (χ1v) is 8.03. The molecule has 1 rings (SSSR count). The zero-order chi connectivity index (χ0) is 15.0. The fourth-order valence-electron chi connectivity index (χ4n) is 1.70. The van der Waals surface area contributed by atoms with Crippen LogP contribution in [0.1, 0.15) is 24.5 Å². The number of carbonyl (C=O) groups excluding carboxylic acids is 1. The van der Waals surface area contributed by atoms with E-state index in [4.69, 9.17) is 0 Å². The van der Waals surface area contributed by atoms with E-state index >= 15 is 0 Å². The van der Waals surface area contributed by atoms with Gasteiger partial charge in [0.15, 0.2) is 0 Å². The smallest absolute Gasteiger partial charge is 0.223 e. The number of thioether (sulfide) groups is 1. The van der Waals surface area contributed by atoms with Gasteiger partial charge in [0.25, 0.3) is 0 Å². The minimum absolute atomic E-state index is 0.0743. The van der Waals surface area contributed by atoms with Gasteiger partial charge in [-0.1, -0.05) is 42.0 Å². The second kappa shape index (κ2) is 8.12. The van der Waals surface area contributed by atoms with Gasteiger partial charge in [0.05, 0.1) is 5.60 Å². The number of hydrogen-bond acceptors (Lipinski definition) is 3. The standard InChI is InChI=1S/C16H23NO2S/c1-13-7-9-14(10-8-13)5-4-6-15(18)17-11-16(2,19)12-20-3/h4-5,7-10,19H,6,11-12H2,1-3H3,(H,17,18). The lowest BCUT2D eigenvalue weighted by molar-refractivity contribution is -0.121.